The third-order valence-electron chi connectivity index (χ3n) is 6.01. The number of benzene rings is 1. The molecule has 1 amide bonds. The second-order valence-electron chi connectivity index (χ2n) is 8.11. The Labute approximate surface area is 180 Å². The lowest BCUT2D eigenvalue weighted by atomic mass is 9.98. The number of thiophene rings is 1. The molecule has 30 heavy (non-hydrogen) atoms. The van der Waals surface area contributed by atoms with Crippen molar-refractivity contribution in [2.24, 2.45) is 5.92 Å². The van der Waals surface area contributed by atoms with E-state index < -0.39 is 15.8 Å². The number of nitrogens with one attached hydrogen (secondary N) is 1. The standard InChI is InChI=1S/C21H24N2O5S2/c24-20(15-5-3-11-23(14-15)30(25,26)19-6-4-12-29-19)22-16-7-8-17-18(13-16)28-21(27-17)9-1-2-10-21/h4,6-8,12-13,15H,1-3,5,9-11,14H2,(H,22,24)/t15-/m0/s1. The quantitative estimate of drug-likeness (QED) is 0.768. The van der Waals surface area contributed by atoms with E-state index in [1.54, 1.807) is 29.6 Å². The van der Waals surface area contributed by atoms with Gasteiger partial charge in [-0.1, -0.05) is 6.07 Å². The third-order valence-corrected chi connectivity index (χ3v) is 9.25. The zero-order chi connectivity index (χ0) is 20.8. The Kier molecular flexibility index (Phi) is 4.99. The molecule has 1 aromatic heterocycles. The van der Waals surface area contributed by atoms with Crippen molar-refractivity contribution in [3.05, 3.63) is 35.7 Å². The molecule has 2 aromatic rings. The Balaban J connectivity index is 1.26. The van der Waals surface area contributed by atoms with Crippen LogP contribution in [0.15, 0.2) is 39.9 Å². The maximum absolute atomic E-state index is 12.9. The molecular formula is C21H24N2O5S2. The van der Waals surface area contributed by atoms with Crippen molar-refractivity contribution in [3.8, 4) is 11.5 Å². The van der Waals surface area contributed by atoms with Gasteiger partial charge in [-0.3, -0.25) is 4.79 Å². The first-order chi connectivity index (χ1) is 14.5. The Hall–Kier alpha value is -2.10. The van der Waals surface area contributed by atoms with Crippen LogP contribution in [-0.2, 0) is 14.8 Å². The average molecular weight is 449 g/mol. The van der Waals surface area contributed by atoms with Gasteiger partial charge in [-0.15, -0.1) is 11.3 Å². The summed E-state index contributed by atoms with van der Waals surface area (Å²) in [5.41, 5.74) is 0.635. The third kappa shape index (κ3) is 3.59. The normalized spacial score (nSPS) is 23.0. The van der Waals surface area contributed by atoms with Gasteiger partial charge in [0, 0.05) is 37.7 Å². The van der Waals surface area contributed by atoms with Crippen LogP contribution in [-0.4, -0.2) is 37.5 Å². The number of amides is 1. The van der Waals surface area contributed by atoms with Crippen LogP contribution >= 0.6 is 11.3 Å². The minimum atomic E-state index is -3.54. The van der Waals surface area contributed by atoms with Crippen molar-refractivity contribution in [1.29, 1.82) is 0 Å². The van der Waals surface area contributed by atoms with Crippen LogP contribution in [0.3, 0.4) is 0 Å². The Morgan fingerprint density at radius 1 is 1.13 bits per heavy atom. The molecule has 1 N–H and O–H groups in total. The summed E-state index contributed by atoms with van der Waals surface area (Å²) in [4.78, 5) is 12.9. The van der Waals surface area contributed by atoms with Gasteiger partial charge < -0.3 is 14.8 Å². The fourth-order valence-corrected chi connectivity index (χ4v) is 7.11. The molecule has 1 aromatic carbocycles. The van der Waals surface area contributed by atoms with E-state index in [0.29, 0.717) is 40.8 Å². The predicted molar refractivity (Wildman–Crippen MR) is 113 cm³/mol. The first-order valence-electron chi connectivity index (χ1n) is 10.3. The lowest BCUT2D eigenvalue weighted by Crippen LogP contribution is -2.43. The number of carbonyl (C=O) groups excluding carboxylic acids is 1. The Morgan fingerprint density at radius 2 is 1.93 bits per heavy atom. The van der Waals surface area contributed by atoms with Crippen LogP contribution in [0.5, 0.6) is 11.5 Å². The Morgan fingerprint density at radius 3 is 2.70 bits per heavy atom. The summed E-state index contributed by atoms with van der Waals surface area (Å²) in [6, 6.07) is 8.75. The number of piperidine rings is 1. The highest BCUT2D eigenvalue weighted by Crippen LogP contribution is 2.47. The molecule has 160 valence electrons. The van der Waals surface area contributed by atoms with Crippen molar-refractivity contribution >= 4 is 33.0 Å². The summed E-state index contributed by atoms with van der Waals surface area (Å²) in [7, 11) is -3.54. The second kappa shape index (κ2) is 7.55. The summed E-state index contributed by atoms with van der Waals surface area (Å²) >= 11 is 1.20. The van der Waals surface area contributed by atoms with Gasteiger partial charge in [0.25, 0.3) is 15.8 Å². The van der Waals surface area contributed by atoms with E-state index in [0.717, 1.165) is 25.7 Å². The number of sulfonamides is 1. The lowest BCUT2D eigenvalue weighted by Gasteiger charge is -2.30. The second-order valence-corrected chi connectivity index (χ2v) is 11.2. The molecule has 1 aliphatic carbocycles. The minimum absolute atomic E-state index is 0.171. The molecular weight excluding hydrogens is 424 g/mol. The zero-order valence-corrected chi connectivity index (χ0v) is 18.1. The van der Waals surface area contributed by atoms with Crippen LogP contribution in [0.4, 0.5) is 5.69 Å². The predicted octanol–water partition coefficient (Wildman–Crippen LogP) is 3.83. The SMILES string of the molecule is O=C(Nc1ccc2c(c1)OC1(CCCC1)O2)[C@H]1CCCN(S(=O)(=O)c2cccs2)C1. The van der Waals surface area contributed by atoms with E-state index in [9.17, 15) is 13.2 Å². The van der Waals surface area contributed by atoms with E-state index in [-0.39, 0.29) is 18.4 Å². The summed E-state index contributed by atoms with van der Waals surface area (Å²) in [6.07, 6.45) is 5.25. The van der Waals surface area contributed by atoms with E-state index in [4.69, 9.17) is 9.47 Å². The average Bonchev–Trinajstić information content (AvgIpc) is 3.49. The summed E-state index contributed by atoms with van der Waals surface area (Å²) in [5.74, 6) is 0.266. The van der Waals surface area contributed by atoms with Crippen molar-refractivity contribution < 1.29 is 22.7 Å². The monoisotopic (exact) mass is 448 g/mol. The summed E-state index contributed by atoms with van der Waals surface area (Å²) < 4.78 is 39.4. The summed E-state index contributed by atoms with van der Waals surface area (Å²) in [6.45, 7) is 0.635. The van der Waals surface area contributed by atoms with Gasteiger partial charge in [0.2, 0.25) is 5.91 Å². The van der Waals surface area contributed by atoms with E-state index >= 15 is 0 Å². The number of rotatable bonds is 4. The highest BCUT2D eigenvalue weighted by molar-refractivity contribution is 7.91. The molecule has 1 spiro atoms. The number of nitrogens with zero attached hydrogens (tertiary/aromatic N) is 1. The molecule has 3 heterocycles. The smallest absolute Gasteiger partial charge is 0.252 e. The van der Waals surface area contributed by atoms with Crippen LogP contribution in [0, 0.1) is 5.92 Å². The van der Waals surface area contributed by atoms with Gasteiger partial charge in [-0.05, 0) is 49.3 Å². The Bertz CT molecular complexity index is 1050. The topological polar surface area (TPSA) is 84.9 Å². The molecule has 1 saturated heterocycles. The molecule has 1 saturated carbocycles. The molecule has 1 atom stereocenters. The number of ether oxygens (including phenoxy) is 2. The van der Waals surface area contributed by atoms with E-state index in [1.165, 1.54) is 15.6 Å². The van der Waals surface area contributed by atoms with Crippen LogP contribution in [0.1, 0.15) is 38.5 Å². The number of fused-ring (bicyclic) bond motifs is 1. The lowest BCUT2D eigenvalue weighted by molar-refractivity contribution is -0.120. The van der Waals surface area contributed by atoms with Crippen LogP contribution in [0.25, 0.3) is 0 Å². The number of hydrogen-bond donors (Lipinski definition) is 1. The van der Waals surface area contributed by atoms with Gasteiger partial charge in [-0.25, -0.2) is 8.42 Å². The molecule has 3 aliphatic rings. The first kappa shape index (κ1) is 19.8. The number of carbonyl (C=O) groups is 1. The maximum atomic E-state index is 12.9. The van der Waals surface area contributed by atoms with Crippen molar-refractivity contribution in [2.45, 2.75) is 48.5 Å². The molecule has 2 aliphatic heterocycles. The zero-order valence-electron chi connectivity index (χ0n) is 16.5. The number of anilines is 1. The molecule has 5 rings (SSSR count). The highest BCUT2D eigenvalue weighted by Gasteiger charge is 2.44. The van der Waals surface area contributed by atoms with E-state index in [2.05, 4.69) is 5.32 Å². The fourth-order valence-electron chi connectivity index (χ4n) is 4.45. The van der Waals surface area contributed by atoms with Crippen LogP contribution < -0.4 is 14.8 Å². The largest absolute Gasteiger partial charge is 0.448 e. The molecule has 0 bridgehead atoms. The van der Waals surface area contributed by atoms with Gasteiger partial charge in [0.1, 0.15) is 4.21 Å². The van der Waals surface area contributed by atoms with Crippen molar-refractivity contribution in [1.82, 2.24) is 4.31 Å². The van der Waals surface area contributed by atoms with Gasteiger partial charge in [0.15, 0.2) is 11.5 Å². The van der Waals surface area contributed by atoms with Gasteiger partial charge in [-0.2, -0.15) is 4.31 Å². The highest BCUT2D eigenvalue weighted by atomic mass is 32.2. The van der Waals surface area contributed by atoms with Crippen LogP contribution in [0.2, 0.25) is 0 Å². The first-order valence-corrected chi connectivity index (χ1v) is 12.6. The molecule has 9 heteroatoms. The molecule has 7 nitrogen and oxygen atoms in total. The van der Waals surface area contributed by atoms with Gasteiger partial charge in [0.05, 0.1) is 5.92 Å². The molecule has 0 radical (unpaired) electrons. The maximum Gasteiger partial charge on any atom is 0.252 e. The fraction of sp³-hybridized carbons (Fsp3) is 0.476. The van der Waals surface area contributed by atoms with Crippen molar-refractivity contribution in [2.75, 3.05) is 18.4 Å². The number of hydrogen-bond acceptors (Lipinski definition) is 6. The van der Waals surface area contributed by atoms with Gasteiger partial charge >= 0.3 is 0 Å². The van der Waals surface area contributed by atoms with Crippen molar-refractivity contribution in [3.63, 3.8) is 0 Å². The molecule has 0 unspecified atom stereocenters. The summed E-state index contributed by atoms with van der Waals surface area (Å²) in [5, 5.41) is 4.68. The molecule has 2 fully saturated rings. The minimum Gasteiger partial charge on any atom is -0.448 e. The van der Waals surface area contributed by atoms with E-state index in [1.807, 2.05) is 6.07 Å².